The average Bonchev–Trinajstić information content (AvgIpc) is 3.69. The van der Waals surface area contributed by atoms with E-state index in [9.17, 15) is 0 Å². The van der Waals surface area contributed by atoms with Gasteiger partial charge in [-0.15, -0.1) is 0 Å². The van der Waals surface area contributed by atoms with E-state index in [1.807, 2.05) is 18.5 Å². The molecule has 10 rings (SSSR count). The predicted molar refractivity (Wildman–Crippen MR) is 207 cm³/mol. The number of fused-ring (bicyclic) bond motifs is 6. The molecule has 2 nitrogen and oxygen atoms in total. The third kappa shape index (κ3) is 4.18. The average molecular weight is 637 g/mol. The van der Waals surface area contributed by atoms with Crippen LogP contribution in [0.25, 0.3) is 60.9 Å². The summed E-state index contributed by atoms with van der Waals surface area (Å²) in [5, 5.41) is 2.49. The lowest BCUT2D eigenvalue weighted by atomic mass is 9.67. The Morgan fingerprint density at radius 1 is 0.400 bits per heavy atom. The van der Waals surface area contributed by atoms with Crippen LogP contribution in [0, 0.1) is 0 Å². The van der Waals surface area contributed by atoms with Crippen molar-refractivity contribution in [1.29, 1.82) is 0 Å². The molecule has 0 spiro atoms. The molecular formula is C48H32N2. The van der Waals surface area contributed by atoms with Crippen LogP contribution in [-0.2, 0) is 5.41 Å². The largest absolute Gasteiger partial charge is 0.309 e. The number of para-hydroxylation sites is 1. The lowest BCUT2D eigenvalue weighted by Gasteiger charge is -2.33. The maximum atomic E-state index is 4.36. The van der Waals surface area contributed by atoms with Crippen LogP contribution in [0.1, 0.15) is 22.3 Å². The Morgan fingerprint density at radius 2 is 1.04 bits per heavy atom. The van der Waals surface area contributed by atoms with Gasteiger partial charge >= 0.3 is 0 Å². The van der Waals surface area contributed by atoms with Gasteiger partial charge in [0.05, 0.1) is 16.4 Å². The topological polar surface area (TPSA) is 17.8 Å². The number of rotatable bonds is 5. The summed E-state index contributed by atoms with van der Waals surface area (Å²) in [6.45, 7) is 0. The minimum absolute atomic E-state index is 0.394. The number of hydrogen-bond donors (Lipinski definition) is 0. The zero-order valence-electron chi connectivity index (χ0n) is 27.4. The molecule has 50 heavy (non-hydrogen) atoms. The molecule has 0 saturated carbocycles. The third-order valence-electron chi connectivity index (χ3n) is 10.6. The van der Waals surface area contributed by atoms with E-state index < -0.39 is 5.41 Å². The lowest BCUT2D eigenvalue weighted by Crippen LogP contribution is -2.28. The molecule has 0 radical (unpaired) electrons. The highest BCUT2D eigenvalue weighted by molar-refractivity contribution is 6.10. The van der Waals surface area contributed by atoms with Crippen molar-refractivity contribution in [2.45, 2.75) is 5.41 Å². The van der Waals surface area contributed by atoms with Crippen molar-refractivity contribution < 1.29 is 0 Å². The van der Waals surface area contributed by atoms with Gasteiger partial charge in [-0.1, -0.05) is 140 Å². The van der Waals surface area contributed by atoms with Crippen LogP contribution in [0.15, 0.2) is 194 Å². The van der Waals surface area contributed by atoms with Crippen molar-refractivity contribution in [3.05, 3.63) is 217 Å². The fourth-order valence-electron chi connectivity index (χ4n) is 8.42. The van der Waals surface area contributed by atoms with Crippen LogP contribution in [0.2, 0.25) is 0 Å². The summed E-state index contributed by atoms with van der Waals surface area (Å²) in [5.74, 6) is 0. The summed E-state index contributed by atoms with van der Waals surface area (Å²) in [7, 11) is 0. The van der Waals surface area contributed by atoms with Crippen LogP contribution >= 0.6 is 0 Å². The molecular weight excluding hydrogens is 605 g/mol. The Balaban J connectivity index is 1.16. The van der Waals surface area contributed by atoms with Crippen LogP contribution in [-0.4, -0.2) is 9.55 Å². The van der Waals surface area contributed by atoms with Gasteiger partial charge in [-0.25, -0.2) is 0 Å². The molecule has 0 unspecified atom stereocenters. The van der Waals surface area contributed by atoms with Crippen molar-refractivity contribution in [3.63, 3.8) is 0 Å². The smallest absolute Gasteiger partial charge is 0.0713 e. The minimum Gasteiger partial charge on any atom is -0.309 e. The number of nitrogens with zero attached hydrogens (tertiary/aromatic N) is 2. The van der Waals surface area contributed by atoms with E-state index >= 15 is 0 Å². The van der Waals surface area contributed by atoms with E-state index in [1.165, 1.54) is 66.3 Å². The van der Waals surface area contributed by atoms with Gasteiger partial charge in [-0.05, 0) is 92.5 Å². The molecule has 1 aliphatic rings. The standard InChI is InChI=1S/C48H32N2/c1-3-15-37(16-4-1)48(38-17-5-2-6-18-38)44-22-9-7-20-40(44)42-30-34(24-26-45(42)48)35-25-27-47-43(31-35)41-21-8-10-23-46(41)50(47)39-19-11-13-33(29-39)36-14-12-28-49-32-36/h1-32H. The first-order chi connectivity index (χ1) is 24.8. The predicted octanol–water partition coefficient (Wildman–Crippen LogP) is 11.9. The van der Waals surface area contributed by atoms with Crippen molar-refractivity contribution in [1.82, 2.24) is 9.55 Å². The molecule has 0 amide bonds. The van der Waals surface area contributed by atoms with Gasteiger partial charge in [0.15, 0.2) is 0 Å². The SMILES string of the molecule is c1ccc(C2(c3ccccc3)c3ccccc3-c3cc(-c4ccc5c(c4)c4ccccc4n5-c4cccc(-c5cccnc5)c4)ccc32)cc1. The number of hydrogen-bond acceptors (Lipinski definition) is 1. The van der Waals surface area contributed by atoms with Gasteiger partial charge in [0.25, 0.3) is 0 Å². The maximum Gasteiger partial charge on any atom is 0.0713 e. The van der Waals surface area contributed by atoms with Gasteiger partial charge in [-0.3, -0.25) is 4.98 Å². The Labute approximate surface area is 291 Å². The first-order valence-electron chi connectivity index (χ1n) is 17.2. The first kappa shape index (κ1) is 28.5. The number of benzene rings is 7. The zero-order chi connectivity index (χ0) is 33.1. The Morgan fingerprint density at radius 3 is 1.84 bits per heavy atom. The van der Waals surface area contributed by atoms with Gasteiger partial charge < -0.3 is 4.57 Å². The Hall–Kier alpha value is -6.51. The normalized spacial score (nSPS) is 13.0. The quantitative estimate of drug-likeness (QED) is 0.184. The molecule has 9 aromatic rings. The van der Waals surface area contributed by atoms with E-state index in [0.717, 1.165) is 16.8 Å². The number of aromatic nitrogens is 2. The fourth-order valence-corrected chi connectivity index (χ4v) is 8.42. The fraction of sp³-hybridized carbons (Fsp3) is 0.0208. The summed E-state index contributed by atoms with van der Waals surface area (Å²) in [6.07, 6.45) is 3.75. The minimum atomic E-state index is -0.394. The molecule has 0 bridgehead atoms. The van der Waals surface area contributed by atoms with Crippen LogP contribution in [0.5, 0.6) is 0 Å². The summed E-state index contributed by atoms with van der Waals surface area (Å²) in [6, 6.07) is 66.6. The summed E-state index contributed by atoms with van der Waals surface area (Å²) in [5.41, 5.74) is 15.6. The monoisotopic (exact) mass is 636 g/mol. The van der Waals surface area contributed by atoms with Crippen LogP contribution < -0.4 is 0 Å². The summed E-state index contributed by atoms with van der Waals surface area (Å²) >= 11 is 0. The van der Waals surface area contributed by atoms with E-state index in [1.54, 1.807) is 0 Å². The number of pyridine rings is 1. The van der Waals surface area contributed by atoms with Gasteiger partial charge in [0.2, 0.25) is 0 Å². The van der Waals surface area contributed by atoms with Crippen molar-refractivity contribution >= 4 is 21.8 Å². The van der Waals surface area contributed by atoms with E-state index in [-0.39, 0.29) is 0 Å². The van der Waals surface area contributed by atoms with Gasteiger partial charge in [-0.2, -0.15) is 0 Å². The second-order valence-corrected chi connectivity index (χ2v) is 13.2. The van der Waals surface area contributed by atoms with E-state index in [0.29, 0.717) is 0 Å². The van der Waals surface area contributed by atoms with Crippen LogP contribution in [0.4, 0.5) is 0 Å². The Bertz CT molecular complexity index is 2650. The molecule has 0 atom stereocenters. The molecule has 234 valence electrons. The molecule has 0 N–H and O–H groups in total. The van der Waals surface area contributed by atoms with Gasteiger partial charge in [0.1, 0.15) is 0 Å². The molecule has 7 aromatic carbocycles. The highest BCUT2D eigenvalue weighted by Crippen LogP contribution is 2.56. The first-order valence-corrected chi connectivity index (χ1v) is 17.2. The Kier molecular flexibility index (Phi) is 6.43. The molecule has 0 fully saturated rings. The second-order valence-electron chi connectivity index (χ2n) is 13.2. The molecule has 1 aliphatic carbocycles. The van der Waals surface area contributed by atoms with E-state index in [4.69, 9.17) is 0 Å². The third-order valence-corrected chi connectivity index (χ3v) is 10.6. The molecule has 2 heteroatoms. The summed E-state index contributed by atoms with van der Waals surface area (Å²) in [4.78, 5) is 4.36. The highest BCUT2D eigenvalue weighted by atomic mass is 15.0. The maximum absolute atomic E-state index is 4.36. The molecule has 2 aromatic heterocycles. The molecule has 0 saturated heterocycles. The van der Waals surface area contributed by atoms with Crippen LogP contribution in [0.3, 0.4) is 0 Å². The van der Waals surface area contributed by atoms with Crippen molar-refractivity contribution in [3.8, 4) is 39.1 Å². The van der Waals surface area contributed by atoms with Crippen molar-refractivity contribution in [2.24, 2.45) is 0 Å². The van der Waals surface area contributed by atoms with Gasteiger partial charge in [0, 0.05) is 34.4 Å². The molecule has 2 heterocycles. The zero-order valence-corrected chi connectivity index (χ0v) is 27.4. The lowest BCUT2D eigenvalue weighted by molar-refractivity contribution is 0.768. The highest BCUT2D eigenvalue weighted by Gasteiger charge is 2.45. The second kappa shape index (κ2) is 11.3. The van der Waals surface area contributed by atoms with E-state index in [2.05, 4.69) is 185 Å². The summed E-state index contributed by atoms with van der Waals surface area (Å²) < 4.78 is 2.39. The van der Waals surface area contributed by atoms with Crippen molar-refractivity contribution in [2.75, 3.05) is 0 Å². The molecule has 0 aliphatic heterocycles.